The lowest BCUT2D eigenvalue weighted by molar-refractivity contribution is 0.413. The van der Waals surface area contributed by atoms with E-state index in [0.29, 0.717) is 5.56 Å². The maximum Gasteiger partial charge on any atom is 0.130 e. The lowest BCUT2D eigenvalue weighted by atomic mass is 9.87. The van der Waals surface area contributed by atoms with Crippen LogP contribution in [0, 0.1) is 38.2 Å². The van der Waals surface area contributed by atoms with E-state index in [-0.39, 0.29) is 0 Å². The SMILES string of the molecule is COc1c(C)c(C)[c]c(-c2cccc(C#N)c2)c1-c1ccc(N(C)C)cc1C. The smallest absolute Gasteiger partial charge is 0.130 e. The lowest BCUT2D eigenvalue weighted by Gasteiger charge is -2.21. The van der Waals surface area contributed by atoms with Crippen LogP contribution in [0.25, 0.3) is 22.3 Å². The molecule has 0 saturated carbocycles. The molecule has 0 heterocycles. The van der Waals surface area contributed by atoms with Gasteiger partial charge >= 0.3 is 0 Å². The summed E-state index contributed by atoms with van der Waals surface area (Å²) in [4.78, 5) is 2.10. The van der Waals surface area contributed by atoms with Crippen LogP contribution in [0.15, 0.2) is 42.5 Å². The normalized spacial score (nSPS) is 10.5. The summed E-state index contributed by atoms with van der Waals surface area (Å²) in [6.07, 6.45) is 0. The number of nitrogens with zero attached hydrogens (tertiary/aromatic N) is 2. The van der Waals surface area contributed by atoms with E-state index in [4.69, 9.17) is 4.74 Å². The molecule has 141 valence electrons. The molecule has 0 aliphatic carbocycles. The van der Waals surface area contributed by atoms with Gasteiger partial charge in [0.2, 0.25) is 0 Å². The van der Waals surface area contributed by atoms with Crippen molar-refractivity contribution in [2.45, 2.75) is 20.8 Å². The fourth-order valence-electron chi connectivity index (χ4n) is 3.49. The monoisotopic (exact) mass is 369 g/mol. The molecular formula is C25H25N2O. The molecule has 3 aromatic rings. The van der Waals surface area contributed by atoms with Crippen molar-refractivity contribution < 1.29 is 4.74 Å². The number of hydrogen-bond acceptors (Lipinski definition) is 3. The molecule has 0 aliphatic heterocycles. The summed E-state index contributed by atoms with van der Waals surface area (Å²) in [5, 5.41) is 9.33. The van der Waals surface area contributed by atoms with Crippen LogP contribution in [-0.4, -0.2) is 21.2 Å². The molecule has 0 aliphatic rings. The van der Waals surface area contributed by atoms with Crippen LogP contribution in [-0.2, 0) is 0 Å². The van der Waals surface area contributed by atoms with Crippen molar-refractivity contribution >= 4 is 5.69 Å². The molecule has 0 fully saturated rings. The number of benzene rings is 3. The number of rotatable bonds is 4. The Kier molecular flexibility index (Phi) is 5.42. The van der Waals surface area contributed by atoms with Gasteiger partial charge < -0.3 is 9.64 Å². The second-order valence-corrected chi connectivity index (χ2v) is 7.24. The molecule has 0 N–H and O–H groups in total. The topological polar surface area (TPSA) is 36.3 Å². The highest BCUT2D eigenvalue weighted by Crippen LogP contribution is 2.44. The average Bonchev–Trinajstić information content (AvgIpc) is 2.69. The molecule has 0 atom stereocenters. The molecule has 3 rings (SSSR count). The lowest BCUT2D eigenvalue weighted by Crippen LogP contribution is -2.08. The Balaban J connectivity index is 2.36. The third kappa shape index (κ3) is 3.46. The van der Waals surface area contributed by atoms with Crippen LogP contribution in [0.2, 0.25) is 0 Å². The number of aryl methyl sites for hydroxylation is 2. The van der Waals surface area contributed by atoms with E-state index < -0.39 is 0 Å². The first-order valence-electron chi connectivity index (χ1n) is 9.26. The van der Waals surface area contributed by atoms with Crippen LogP contribution in [0.4, 0.5) is 5.69 Å². The average molecular weight is 369 g/mol. The second kappa shape index (κ2) is 7.78. The first-order chi connectivity index (χ1) is 13.4. The summed E-state index contributed by atoms with van der Waals surface area (Å²) in [6, 6.07) is 19.9. The van der Waals surface area contributed by atoms with Gasteiger partial charge in [-0.2, -0.15) is 5.26 Å². The largest absolute Gasteiger partial charge is 0.496 e. The summed E-state index contributed by atoms with van der Waals surface area (Å²) in [6.45, 7) is 6.22. The highest BCUT2D eigenvalue weighted by atomic mass is 16.5. The van der Waals surface area contributed by atoms with Crippen molar-refractivity contribution in [3.63, 3.8) is 0 Å². The summed E-state index contributed by atoms with van der Waals surface area (Å²) in [5.74, 6) is 0.856. The fourth-order valence-corrected chi connectivity index (χ4v) is 3.49. The Morgan fingerprint density at radius 2 is 1.79 bits per heavy atom. The van der Waals surface area contributed by atoms with Crippen LogP contribution >= 0.6 is 0 Å². The maximum atomic E-state index is 9.33. The summed E-state index contributed by atoms with van der Waals surface area (Å²) in [5.41, 5.74) is 9.12. The molecule has 3 aromatic carbocycles. The summed E-state index contributed by atoms with van der Waals surface area (Å²) < 4.78 is 5.87. The van der Waals surface area contributed by atoms with Crippen molar-refractivity contribution in [1.82, 2.24) is 0 Å². The van der Waals surface area contributed by atoms with Crippen molar-refractivity contribution in [2.75, 3.05) is 26.1 Å². The minimum atomic E-state index is 0.633. The maximum absolute atomic E-state index is 9.33. The van der Waals surface area contributed by atoms with E-state index in [9.17, 15) is 5.26 Å². The predicted octanol–water partition coefficient (Wildman–Crippen LogP) is 5.69. The molecule has 3 nitrogen and oxygen atoms in total. The highest BCUT2D eigenvalue weighted by Gasteiger charge is 2.20. The fraction of sp³-hybridized carbons (Fsp3) is 0.240. The van der Waals surface area contributed by atoms with Gasteiger partial charge in [0.15, 0.2) is 0 Å². The van der Waals surface area contributed by atoms with E-state index in [1.54, 1.807) is 7.11 Å². The molecule has 0 saturated heterocycles. The molecule has 0 spiro atoms. The minimum Gasteiger partial charge on any atom is -0.496 e. The van der Waals surface area contributed by atoms with Crippen LogP contribution in [0.1, 0.15) is 22.3 Å². The summed E-state index contributed by atoms with van der Waals surface area (Å²) in [7, 11) is 5.79. The van der Waals surface area contributed by atoms with E-state index in [2.05, 4.69) is 49.1 Å². The van der Waals surface area contributed by atoms with Crippen LogP contribution in [0.3, 0.4) is 0 Å². The number of ether oxygens (including phenoxy) is 1. The molecule has 0 amide bonds. The molecule has 0 unspecified atom stereocenters. The Hall–Kier alpha value is -3.25. The third-order valence-corrected chi connectivity index (χ3v) is 5.17. The van der Waals surface area contributed by atoms with Gasteiger partial charge in [-0.3, -0.25) is 0 Å². The van der Waals surface area contributed by atoms with Crippen LogP contribution < -0.4 is 9.64 Å². The quantitative estimate of drug-likeness (QED) is 0.592. The Bertz CT molecular complexity index is 1070. The van der Waals surface area contributed by atoms with Crippen molar-refractivity contribution in [1.29, 1.82) is 5.26 Å². The van der Waals surface area contributed by atoms with E-state index in [1.165, 1.54) is 5.56 Å². The van der Waals surface area contributed by atoms with Crippen molar-refractivity contribution in [2.24, 2.45) is 0 Å². The van der Waals surface area contributed by atoms with Gasteiger partial charge in [0.25, 0.3) is 0 Å². The number of methoxy groups -OCH3 is 1. The van der Waals surface area contributed by atoms with Crippen molar-refractivity contribution in [3.05, 3.63) is 70.8 Å². The Morgan fingerprint density at radius 1 is 1.04 bits per heavy atom. The summed E-state index contributed by atoms with van der Waals surface area (Å²) >= 11 is 0. The Morgan fingerprint density at radius 3 is 2.39 bits per heavy atom. The number of anilines is 1. The zero-order valence-corrected chi connectivity index (χ0v) is 17.3. The van der Waals surface area contributed by atoms with E-state index >= 15 is 0 Å². The first kappa shape index (κ1) is 19.5. The number of nitriles is 1. The molecule has 0 aromatic heterocycles. The minimum absolute atomic E-state index is 0.633. The van der Waals surface area contributed by atoms with Gasteiger partial charge in [0.05, 0.1) is 18.7 Å². The van der Waals surface area contributed by atoms with E-state index in [0.717, 1.165) is 44.8 Å². The molecule has 1 radical (unpaired) electrons. The predicted molar refractivity (Wildman–Crippen MR) is 116 cm³/mol. The zero-order valence-electron chi connectivity index (χ0n) is 17.3. The zero-order chi connectivity index (χ0) is 20.4. The number of hydrogen-bond donors (Lipinski definition) is 0. The van der Waals surface area contributed by atoms with Gasteiger partial charge in [0, 0.05) is 30.9 Å². The van der Waals surface area contributed by atoms with Crippen molar-refractivity contribution in [3.8, 4) is 34.1 Å². The van der Waals surface area contributed by atoms with E-state index in [1.807, 2.05) is 45.3 Å². The van der Waals surface area contributed by atoms with Gasteiger partial charge in [-0.15, -0.1) is 0 Å². The van der Waals surface area contributed by atoms with Gasteiger partial charge in [0.1, 0.15) is 5.75 Å². The second-order valence-electron chi connectivity index (χ2n) is 7.24. The Labute approximate surface area is 167 Å². The van der Waals surface area contributed by atoms with Gasteiger partial charge in [-0.1, -0.05) is 18.2 Å². The molecule has 3 heteroatoms. The van der Waals surface area contributed by atoms with Gasteiger partial charge in [-0.05, 0) is 78.9 Å². The first-order valence-corrected chi connectivity index (χ1v) is 9.26. The highest BCUT2D eigenvalue weighted by molar-refractivity contribution is 5.91. The molecule has 0 bridgehead atoms. The van der Waals surface area contributed by atoms with Crippen LogP contribution in [0.5, 0.6) is 5.75 Å². The van der Waals surface area contributed by atoms with Gasteiger partial charge in [-0.25, -0.2) is 0 Å². The third-order valence-electron chi connectivity index (χ3n) is 5.17. The molecule has 28 heavy (non-hydrogen) atoms. The standard InChI is InChI=1S/C25H25N2O/c1-16-13-23(20-9-7-8-19(14-20)15-26)24(25(28-6)18(16)3)22-11-10-21(27(4)5)12-17(22)2/h7-12,14H,1-6H3. The molecular weight excluding hydrogens is 344 g/mol.